The van der Waals surface area contributed by atoms with Crippen LogP contribution in [0.25, 0.3) is 0 Å². The average molecular weight is 264 g/mol. The minimum atomic E-state index is -1.01. The Balaban J connectivity index is 2.11. The van der Waals surface area contributed by atoms with Gasteiger partial charge in [0, 0.05) is 0 Å². The molecule has 0 bridgehead atoms. The van der Waals surface area contributed by atoms with E-state index in [9.17, 15) is 9.90 Å². The second-order valence-corrected chi connectivity index (χ2v) is 5.21. The summed E-state index contributed by atoms with van der Waals surface area (Å²) in [5.41, 5.74) is 1.40. The zero-order valence-electron chi connectivity index (χ0n) is 11.5. The van der Waals surface area contributed by atoms with Gasteiger partial charge in [-0.25, -0.2) is 4.79 Å². The fourth-order valence-corrected chi connectivity index (χ4v) is 2.49. The first kappa shape index (κ1) is 13.8. The molecule has 19 heavy (non-hydrogen) atoms. The first-order valence-corrected chi connectivity index (χ1v) is 6.79. The third-order valence-electron chi connectivity index (χ3n) is 3.82. The van der Waals surface area contributed by atoms with Gasteiger partial charge in [-0.05, 0) is 38.2 Å². The Morgan fingerprint density at radius 2 is 1.95 bits per heavy atom. The molecule has 0 saturated heterocycles. The van der Waals surface area contributed by atoms with Crippen LogP contribution in [0.15, 0.2) is 0 Å². The number of carboxylic acids is 1. The van der Waals surface area contributed by atoms with Gasteiger partial charge < -0.3 is 9.84 Å². The van der Waals surface area contributed by atoms with Crippen molar-refractivity contribution in [3.05, 3.63) is 16.8 Å². The number of ether oxygens (including phenoxy) is 1. The quantitative estimate of drug-likeness (QED) is 0.905. The molecule has 1 N–H and O–H groups in total. The largest absolute Gasteiger partial charge is 0.477 e. The standard InChI is InChI=1S/C14H20N2O3/c1-9-10(2)15-16-13(12(9)14(17)18)19-8-11-6-4-3-5-7-11/h11H,3-8H2,1-2H3,(H,17,18). The molecule has 0 radical (unpaired) electrons. The van der Waals surface area contributed by atoms with Crippen LogP contribution in [0.2, 0.25) is 0 Å². The predicted molar refractivity (Wildman–Crippen MR) is 70.5 cm³/mol. The van der Waals surface area contributed by atoms with Crippen molar-refractivity contribution in [2.45, 2.75) is 46.0 Å². The molecule has 0 amide bonds. The lowest BCUT2D eigenvalue weighted by Gasteiger charge is -2.21. The Labute approximate surface area is 113 Å². The van der Waals surface area contributed by atoms with Crippen LogP contribution in [0.5, 0.6) is 5.88 Å². The minimum absolute atomic E-state index is 0.142. The third kappa shape index (κ3) is 3.22. The van der Waals surface area contributed by atoms with Crippen LogP contribution in [-0.2, 0) is 0 Å². The van der Waals surface area contributed by atoms with Crippen molar-refractivity contribution >= 4 is 5.97 Å². The van der Waals surface area contributed by atoms with Crippen LogP contribution in [0.1, 0.15) is 53.7 Å². The van der Waals surface area contributed by atoms with Gasteiger partial charge in [0.25, 0.3) is 0 Å². The van der Waals surface area contributed by atoms with Gasteiger partial charge in [0.15, 0.2) is 0 Å². The van der Waals surface area contributed by atoms with Gasteiger partial charge in [-0.1, -0.05) is 19.3 Å². The lowest BCUT2D eigenvalue weighted by molar-refractivity contribution is 0.0687. The molecule has 0 atom stereocenters. The highest BCUT2D eigenvalue weighted by Gasteiger charge is 2.21. The zero-order valence-corrected chi connectivity index (χ0v) is 11.5. The van der Waals surface area contributed by atoms with E-state index in [2.05, 4.69) is 10.2 Å². The van der Waals surface area contributed by atoms with Gasteiger partial charge in [0.2, 0.25) is 5.88 Å². The summed E-state index contributed by atoms with van der Waals surface area (Å²) in [6.07, 6.45) is 6.07. The first-order chi connectivity index (χ1) is 9.09. The van der Waals surface area contributed by atoms with Crippen LogP contribution in [0, 0.1) is 19.8 Å². The molecule has 1 saturated carbocycles. The van der Waals surface area contributed by atoms with E-state index in [1.54, 1.807) is 13.8 Å². The number of hydrogen-bond acceptors (Lipinski definition) is 4. The Morgan fingerprint density at radius 1 is 1.26 bits per heavy atom. The Kier molecular flexibility index (Phi) is 4.35. The topological polar surface area (TPSA) is 72.3 Å². The number of hydrogen-bond donors (Lipinski definition) is 1. The number of rotatable bonds is 4. The molecule has 5 nitrogen and oxygen atoms in total. The predicted octanol–water partition coefficient (Wildman–Crippen LogP) is 2.75. The smallest absolute Gasteiger partial charge is 0.341 e. The summed E-state index contributed by atoms with van der Waals surface area (Å²) in [5.74, 6) is -0.339. The summed E-state index contributed by atoms with van der Waals surface area (Å²) in [6, 6.07) is 0. The molecule has 0 spiro atoms. The van der Waals surface area contributed by atoms with Crippen LogP contribution in [0.4, 0.5) is 0 Å². The van der Waals surface area contributed by atoms with E-state index < -0.39 is 5.97 Å². The lowest BCUT2D eigenvalue weighted by atomic mass is 9.90. The fraction of sp³-hybridized carbons (Fsp3) is 0.643. The molecular formula is C14H20N2O3. The second-order valence-electron chi connectivity index (χ2n) is 5.21. The molecule has 1 aliphatic carbocycles. The van der Waals surface area contributed by atoms with Crippen LogP contribution in [0.3, 0.4) is 0 Å². The molecule has 1 aromatic heterocycles. The van der Waals surface area contributed by atoms with Crippen LogP contribution < -0.4 is 4.74 Å². The van der Waals surface area contributed by atoms with Gasteiger partial charge in [-0.3, -0.25) is 0 Å². The maximum absolute atomic E-state index is 11.3. The van der Waals surface area contributed by atoms with Gasteiger partial charge in [-0.15, -0.1) is 5.10 Å². The lowest BCUT2D eigenvalue weighted by Crippen LogP contribution is -2.18. The zero-order chi connectivity index (χ0) is 13.8. The van der Waals surface area contributed by atoms with Gasteiger partial charge in [0.1, 0.15) is 5.56 Å². The highest BCUT2D eigenvalue weighted by Crippen LogP contribution is 2.26. The van der Waals surface area contributed by atoms with E-state index in [1.807, 2.05) is 0 Å². The summed E-state index contributed by atoms with van der Waals surface area (Å²) in [5, 5.41) is 17.1. The Hall–Kier alpha value is -1.65. The summed E-state index contributed by atoms with van der Waals surface area (Å²) in [7, 11) is 0. The van der Waals surface area contributed by atoms with Gasteiger partial charge in [0.05, 0.1) is 12.3 Å². The highest BCUT2D eigenvalue weighted by molar-refractivity contribution is 5.91. The Morgan fingerprint density at radius 3 is 2.58 bits per heavy atom. The summed E-state index contributed by atoms with van der Waals surface area (Å²) >= 11 is 0. The van der Waals surface area contributed by atoms with E-state index in [1.165, 1.54) is 19.3 Å². The monoisotopic (exact) mass is 264 g/mol. The van der Waals surface area contributed by atoms with E-state index in [4.69, 9.17) is 4.74 Å². The molecule has 5 heteroatoms. The number of carboxylic acid groups (broad SMARTS) is 1. The third-order valence-corrected chi connectivity index (χ3v) is 3.82. The molecular weight excluding hydrogens is 244 g/mol. The normalized spacial score (nSPS) is 16.3. The molecule has 104 valence electrons. The molecule has 1 heterocycles. The van der Waals surface area contributed by atoms with Crippen molar-refractivity contribution in [3.63, 3.8) is 0 Å². The molecule has 1 aliphatic rings. The molecule has 2 rings (SSSR count). The van der Waals surface area contributed by atoms with E-state index in [0.717, 1.165) is 12.8 Å². The van der Waals surface area contributed by atoms with Crippen LogP contribution >= 0.6 is 0 Å². The van der Waals surface area contributed by atoms with Crippen molar-refractivity contribution in [1.29, 1.82) is 0 Å². The first-order valence-electron chi connectivity index (χ1n) is 6.79. The Bertz CT molecular complexity index is 468. The SMILES string of the molecule is Cc1nnc(OCC2CCCCC2)c(C(=O)O)c1C. The summed E-state index contributed by atoms with van der Waals surface area (Å²) < 4.78 is 5.62. The van der Waals surface area contributed by atoms with Crippen molar-refractivity contribution in [1.82, 2.24) is 10.2 Å². The minimum Gasteiger partial charge on any atom is -0.477 e. The van der Waals surface area contributed by atoms with Crippen molar-refractivity contribution in [2.24, 2.45) is 5.92 Å². The van der Waals surface area contributed by atoms with E-state index in [-0.39, 0.29) is 11.4 Å². The number of nitrogens with zero attached hydrogens (tertiary/aromatic N) is 2. The summed E-state index contributed by atoms with van der Waals surface area (Å²) in [6.45, 7) is 4.03. The fourth-order valence-electron chi connectivity index (χ4n) is 2.49. The molecule has 1 aromatic rings. The molecule has 0 unspecified atom stereocenters. The maximum Gasteiger partial charge on any atom is 0.341 e. The summed E-state index contributed by atoms with van der Waals surface area (Å²) in [4.78, 5) is 11.3. The molecule has 0 aromatic carbocycles. The molecule has 0 aliphatic heterocycles. The van der Waals surface area contributed by atoms with Gasteiger partial charge >= 0.3 is 5.97 Å². The van der Waals surface area contributed by atoms with Crippen molar-refractivity contribution in [2.75, 3.05) is 6.61 Å². The van der Waals surface area contributed by atoms with E-state index >= 15 is 0 Å². The maximum atomic E-state index is 11.3. The average Bonchev–Trinajstić information content (AvgIpc) is 2.41. The number of aromatic carboxylic acids is 1. The van der Waals surface area contributed by atoms with Crippen molar-refractivity contribution < 1.29 is 14.6 Å². The van der Waals surface area contributed by atoms with E-state index in [0.29, 0.717) is 23.8 Å². The number of aryl methyl sites for hydroxylation is 1. The van der Waals surface area contributed by atoms with Gasteiger partial charge in [-0.2, -0.15) is 5.10 Å². The highest BCUT2D eigenvalue weighted by atomic mass is 16.5. The van der Waals surface area contributed by atoms with Crippen LogP contribution in [-0.4, -0.2) is 27.9 Å². The second kappa shape index (κ2) is 5.99. The molecule has 1 fully saturated rings. The number of aromatic nitrogens is 2. The number of carbonyl (C=O) groups is 1. The van der Waals surface area contributed by atoms with Crippen molar-refractivity contribution in [3.8, 4) is 5.88 Å².